The average Bonchev–Trinajstić information content (AvgIpc) is 2.94. The highest BCUT2D eigenvalue weighted by atomic mass is 19.4. The Morgan fingerprint density at radius 1 is 1.20 bits per heavy atom. The van der Waals surface area contributed by atoms with E-state index >= 15 is 0 Å². The maximum Gasteiger partial charge on any atom is 0.434 e. The van der Waals surface area contributed by atoms with Gasteiger partial charge in [-0.2, -0.15) is 18.3 Å². The number of hydrogen-bond donors (Lipinski definition) is 0. The Bertz CT molecular complexity index is 936. The maximum absolute atomic E-state index is 12.5. The fraction of sp³-hybridized carbons (Fsp3) is 0.200. The van der Waals surface area contributed by atoms with Crippen LogP contribution in [-0.4, -0.2) is 32.8 Å². The summed E-state index contributed by atoms with van der Waals surface area (Å²) >= 11 is 0. The minimum absolute atomic E-state index is 0.153. The number of fused-ring (bicyclic) bond motifs is 1. The predicted molar refractivity (Wildman–Crippen MR) is 79.2 cm³/mol. The zero-order chi connectivity index (χ0) is 18.2. The smallest absolute Gasteiger partial charge is 0.434 e. The van der Waals surface area contributed by atoms with Crippen LogP contribution in [0.1, 0.15) is 16.1 Å². The molecule has 0 N–H and O–H groups in total. The normalized spacial score (nSPS) is 11.6. The van der Waals surface area contributed by atoms with Crippen molar-refractivity contribution in [3.63, 3.8) is 0 Å². The molecule has 3 rings (SSSR count). The molecule has 0 saturated carbocycles. The number of benzene rings is 1. The lowest BCUT2D eigenvalue weighted by atomic mass is 10.1. The van der Waals surface area contributed by atoms with Crippen LogP contribution in [0.5, 0.6) is 11.6 Å². The van der Waals surface area contributed by atoms with E-state index in [0.29, 0.717) is 17.1 Å². The Hall–Kier alpha value is -3.17. The molecule has 10 heteroatoms. The van der Waals surface area contributed by atoms with Crippen molar-refractivity contribution >= 4 is 16.9 Å². The summed E-state index contributed by atoms with van der Waals surface area (Å²) in [6.07, 6.45) is -1.52. The first-order valence-electron chi connectivity index (χ1n) is 6.91. The van der Waals surface area contributed by atoms with E-state index in [-0.39, 0.29) is 17.2 Å². The Balaban J connectivity index is 2.01. The standard InChI is InChI=1S/C15H11F3N4O3/c1-22-7-9-10(21-22)3-8(14(23)24-2)4-11(9)25-13-6-19-12(5-20-13)15(16,17)18/h3-7H,1-2H3. The summed E-state index contributed by atoms with van der Waals surface area (Å²) in [7, 11) is 2.91. The lowest BCUT2D eigenvalue weighted by Crippen LogP contribution is -2.08. The second-order valence-corrected chi connectivity index (χ2v) is 5.04. The number of carbonyl (C=O) groups is 1. The fourth-order valence-corrected chi connectivity index (χ4v) is 2.16. The summed E-state index contributed by atoms with van der Waals surface area (Å²) in [4.78, 5) is 18.6. The Morgan fingerprint density at radius 3 is 2.56 bits per heavy atom. The van der Waals surface area contributed by atoms with Gasteiger partial charge < -0.3 is 9.47 Å². The number of hydrogen-bond acceptors (Lipinski definition) is 6. The molecular formula is C15H11F3N4O3. The van der Waals surface area contributed by atoms with E-state index in [0.717, 1.165) is 6.20 Å². The number of alkyl halides is 3. The highest BCUT2D eigenvalue weighted by Gasteiger charge is 2.32. The number of nitrogens with zero attached hydrogens (tertiary/aromatic N) is 4. The van der Waals surface area contributed by atoms with E-state index < -0.39 is 17.8 Å². The molecule has 2 heterocycles. The lowest BCUT2D eigenvalue weighted by Gasteiger charge is -2.09. The first-order chi connectivity index (χ1) is 11.8. The van der Waals surface area contributed by atoms with Crippen LogP contribution in [0.4, 0.5) is 13.2 Å². The fourth-order valence-electron chi connectivity index (χ4n) is 2.16. The molecule has 0 bridgehead atoms. The number of methoxy groups -OCH3 is 1. The van der Waals surface area contributed by atoms with E-state index in [1.54, 1.807) is 13.2 Å². The van der Waals surface area contributed by atoms with Gasteiger partial charge in [0.1, 0.15) is 5.75 Å². The number of aryl methyl sites for hydroxylation is 1. The van der Waals surface area contributed by atoms with Crippen LogP contribution in [0.2, 0.25) is 0 Å². The minimum atomic E-state index is -4.59. The second kappa shape index (κ2) is 6.04. The highest BCUT2D eigenvalue weighted by molar-refractivity contribution is 5.97. The molecule has 0 amide bonds. The summed E-state index contributed by atoms with van der Waals surface area (Å²) in [6.45, 7) is 0. The maximum atomic E-state index is 12.5. The Labute approximate surface area is 139 Å². The molecule has 0 aliphatic carbocycles. The van der Waals surface area contributed by atoms with Gasteiger partial charge in [-0.15, -0.1) is 0 Å². The van der Waals surface area contributed by atoms with Gasteiger partial charge in [-0.3, -0.25) is 4.68 Å². The van der Waals surface area contributed by atoms with Gasteiger partial charge in [0.05, 0.1) is 36.0 Å². The quantitative estimate of drug-likeness (QED) is 0.675. The Kier molecular flexibility index (Phi) is 4.03. The average molecular weight is 352 g/mol. The Morgan fingerprint density at radius 2 is 1.96 bits per heavy atom. The van der Waals surface area contributed by atoms with Gasteiger partial charge in [0.15, 0.2) is 5.69 Å². The van der Waals surface area contributed by atoms with Crippen molar-refractivity contribution in [1.82, 2.24) is 19.7 Å². The van der Waals surface area contributed by atoms with Crippen molar-refractivity contribution in [2.24, 2.45) is 7.05 Å². The van der Waals surface area contributed by atoms with E-state index in [4.69, 9.17) is 4.74 Å². The zero-order valence-corrected chi connectivity index (χ0v) is 13.0. The summed E-state index contributed by atoms with van der Waals surface area (Å²) < 4.78 is 49.3. The molecule has 0 spiro atoms. The summed E-state index contributed by atoms with van der Waals surface area (Å²) in [5.74, 6) is -0.559. The van der Waals surface area contributed by atoms with Crippen LogP contribution >= 0.6 is 0 Å². The summed E-state index contributed by atoms with van der Waals surface area (Å²) in [6, 6.07) is 2.92. The lowest BCUT2D eigenvalue weighted by molar-refractivity contribution is -0.141. The molecule has 0 unspecified atom stereocenters. The molecule has 0 fully saturated rings. The molecule has 7 nitrogen and oxygen atoms in total. The molecule has 2 aromatic heterocycles. The van der Waals surface area contributed by atoms with Crippen molar-refractivity contribution in [2.45, 2.75) is 6.18 Å². The van der Waals surface area contributed by atoms with Crippen molar-refractivity contribution in [2.75, 3.05) is 7.11 Å². The van der Waals surface area contributed by atoms with Crippen molar-refractivity contribution in [1.29, 1.82) is 0 Å². The molecular weight excluding hydrogens is 341 g/mol. The van der Waals surface area contributed by atoms with E-state index in [1.807, 2.05) is 0 Å². The third-order valence-electron chi connectivity index (χ3n) is 3.26. The van der Waals surface area contributed by atoms with E-state index in [9.17, 15) is 18.0 Å². The van der Waals surface area contributed by atoms with Gasteiger partial charge in [0.25, 0.3) is 0 Å². The van der Waals surface area contributed by atoms with Gasteiger partial charge in [-0.25, -0.2) is 14.8 Å². The first kappa shape index (κ1) is 16.7. The monoisotopic (exact) mass is 352 g/mol. The SMILES string of the molecule is COC(=O)c1cc(Oc2cnc(C(F)(F)F)cn2)c2cn(C)nc2c1. The molecule has 1 aromatic carbocycles. The molecule has 0 aliphatic rings. The molecule has 25 heavy (non-hydrogen) atoms. The van der Waals surface area contributed by atoms with Gasteiger partial charge in [-0.05, 0) is 12.1 Å². The van der Waals surface area contributed by atoms with E-state index in [2.05, 4.69) is 19.8 Å². The third-order valence-corrected chi connectivity index (χ3v) is 3.26. The van der Waals surface area contributed by atoms with Crippen LogP contribution in [0.25, 0.3) is 10.9 Å². The van der Waals surface area contributed by atoms with Crippen LogP contribution < -0.4 is 4.74 Å². The third kappa shape index (κ3) is 3.37. The number of esters is 1. The van der Waals surface area contributed by atoms with Gasteiger partial charge in [0, 0.05) is 13.2 Å². The second-order valence-electron chi connectivity index (χ2n) is 5.04. The number of carbonyl (C=O) groups excluding carboxylic acids is 1. The van der Waals surface area contributed by atoms with Crippen LogP contribution in [0, 0.1) is 0 Å². The molecule has 0 aliphatic heterocycles. The predicted octanol–water partition coefficient (Wildman–Crippen LogP) is 2.96. The summed E-state index contributed by atoms with van der Waals surface area (Å²) in [5, 5.41) is 4.74. The summed E-state index contributed by atoms with van der Waals surface area (Å²) in [5.41, 5.74) is -0.487. The molecule has 0 saturated heterocycles. The van der Waals surface area contributed by atoms with Crippen LogP contribution in [0.3, 0.4) is 0 Å². The molecule has 0 atom stereocenters. The molecule has 130 valence electrons. The zero-order valence-electron chi connectivity index (χ0n) is 13.0. The van der Waals surface area contributed by atoms with Crippen LogP contribution in [0.15, 0.2) is 30.7 Å². The number of halogens is 3. The largest absolute Gasteiger partial charge is 0.465 e. The van der Waals surface area contributed by atoms with Crippen molar-refractivity contribution in [3.8, 4) is 11.6 Å². The van der Waals surface area contributed by atoms with Crippen molar-refractivity contribution < 1.29 is 27.4 Å². The number of ether oxygens (including phenoxy) is 2. The first-order valence-corrected chi connectivity index (χ1v) is 6.91. The van der Waals surface area contributed by atoms with Gasteiger partial charge in [0.2, 0.25) is 5.88 Å². The van der Waals surface area contributed by atoms with Crippen molar-refractivity contribution in [3.05, 3.63) is 42.0 Å². The number of rotatable bonds is 3. The molecule has 3 aromatic rings. The number of aromatic nitrogens is 4. The molecule has 0 radical (unpaired) electrons. The van der Waals surface area contributed by atoms with E-state index in [1.165, 1.54) is 23.9 Å². The van der Waals surface area contributed by atoms with Gasteiger partial charge in [-0.1, -0.05) is 0 Å². The topological polar surface area (TPSA) is 79.1 Å². The minimum Gasteiger partial charge on any atom is -0.465 e. The highest BCUT2D eigenvalue weighted by Crippen LogP contribution is 2.32. The van der Waals surface area contributed by atoms with Gasteiger partial charge >= 0.3 is 12.1 Å². The van der Waals surface area contributed by atoms with Crippen LogP contribution in [-0.2, 0) is 18.0 Å².